The van der Waals surface area contributed by atoms with Gasteiger partial charge < -0.3 is 10.6 Å². The highest BCUT2D eigenvalue weighted by Gasteiger charge is 2.34. The minimum absolute atomic E-state index is 0.101. The lowest BCUT2D eigenvalue weighted by atomic mass is 9.80. The Morgan fingerprint density at radius 2 is 1.95 bits per heavy atom. The molecular formula is C16H22N2OS. The van der Waals surface area contributed by atoms with Gasteiger partial charge in [0.2, 0.25) is 0 Å². The summed E-state index contributed by atoms with van der Waals surface area (Å²) in [4.78, 5) is 15.1. The Morgan fingerprint density at radius 3 is 2.50 bits per heavy atom. The molecule has 1 heterocycles. The quantitative estimate of drug-likeness (QED) is 0.871. The van der Waals surface area contributed by atoms with E-state index < -0.39 is 0 Å². The Balaban J connectivity index is 2.11. The van der Waals surface area contributed by atoms with Crippen LogP contribution in [0.5, 0.6) is 0 Å². The van der Waals surface area contributed by atoms with Crippen molar-refractivity contribution in [3.05, 3.63) is 35.4 Å². The second-order valence-electron chi connectivity index (χ2n) is 5.73. The molecule has 3 nitrogen and oxygen atoms in total. The molecule has 1 aromatic carbocycles. The number of carbonyl (C=O) groups excluding carboxylic acids is 1. The number of nitrogens with two attached hydrogens (primary N) is 1. The third-order valence-corrected chi connectivity index (χ3v) is 4.87. The van der Waals surface area contributed by atoms with Gasteiger partial charge in [0.1, 0.15) is 0 Å². The van der Waals surface area contributed by atoms with Gasteiger partial charge in [-0.3, -0.25) is 4.79 Å². The molecule has 108 valence electrons. The molecule has 1 aromatic rings. The molecule has 1 aliphatic heterocycles. The smallest absolute Gasteiger partial charge is 0.254 e. The fourth-order valence-electron chi connectivity index (χ4n) is 2.66. The van der Waals surface area contributed by atoms with Crippen LogP contribution in [-0.2, 0) is 6.42 Å². The van der Waals surface area contributed by atoms with E-state index in [1.54, 1.807) is 0 Å². The topological polar surface area (TPSA) is 46.3 Å². The predicted molar refractivity (Wildman–Crippen MR) is 85.8 cm³/mol. The summed E-state index contributed by atoms with van der Waals surface area (Å²) in [7, 11) is 0. The van der Waals surface area contributed by atoms with Crippen LogP contribution in [0.15, 0.2) is 24.3 Å². The number of benzene rings is 1. The van der Waals surface area contributed by atoms with E-state index in [9.17, 15) is 4.79 Å². The Bertz CT molecular complexity index is 519. The zero-order valence-corrected chi connectivity index (χ0v) is 13.0. The van der Waals surface area contributed by atoms with Crippen molar-refractivity contribution in [1.82, 2.24) is 4.90 Å². The number of thiocarbonyl (C=S) groups is 1. The second-order valence-corrected chi connectivity index (χ2v) is 6.17. The van der Waals surface area contributed by atoms with Gasteiger partial charge in [0.05, 0.1) is 4.99 Å². The van der Waals surface area contributed by atoms with Gasteiger partial charge in [0.25, 0.3) is 5.91 Å². The molecule has 1 fully saturated rings. The molecule has 0 radical (unpaired) electrons. The SMILES string of the molecule is CCc1ccccc1C(=O)N1CCC(C)(C(N)=S)CC1. The molecule has 0 aliphatic carbocycles. The molecular weight excluding hydrogens is 268 g/mol. The van der Waals surface area contributed by atoms with Gasteiger partial charge in [0.15, 0.2) is 0 Å². The number of amides is 1. The summed E-state index contributed by atoms with van der Waals surface area (Å²) >= 11 is 5.14. The maximum Gasteiger partial charge on any atom is 0.254 e. The number of rotatable bonds is 3. The van der Waals surface area contributed by atoms with Gasteiger partial charge in [0, 0.05) is 24.1 Å². The number of aryl methyl sites for hydroxylation is 1. The molecule has 0 atom stereocenters. The standard InChI is InChI=1S/C16H22N2OS/c1-3-12-6-4-5-7-13(12)14(19)18-10-8-16(2,9-11-18)15(17)20/h4-7H,3,8-11H2,1-2H3,(H2,17,20). The van der Waals surface area contributed by atoms with Crippen LogP contribution < -0.4 is 5.73 Å². The Labute approximate surface area is 126 Å². The van der Waals surface area contributed by atoms with Crippen LogP contribution in [0.2, 0.25) is 0 Å². The molecule has 20 heavy (non-hydrogen) atoms. The fourth-order valence-corrected chi connectivity index (χ4v) is 2.86. The highest BCUT2D eigenvalue weighted by Crippen LogP contribution is 2.31. The first-order valence-corrected chi connectivity index (χ1v) is 7.56. The molecule has 0 saturated carbocycles. The van der Waals surface area contributed by atoms with Gasteiger partial charge in [-0.15, -0.1) is 0 Å². The Hall–Kier alpha value is -1.42. The summed E-state index contributed by atoms with van der Waals surface area (Å²) in [6.07, 6.45) is 2.57. The molecule has 0 spiro atoms. The number of piperidine rings is 1. The molecule has 4 heteroatoms. The normalized spacial score (nSPS) is 17.8. The van der Waals surface area contributed by atoms with Gasteiger partial charge in [-0.2, -0.15) is 0 Å². The highest BCUT2D eigenvalue weighted by atomic mass is 32.1. The number of hydrogen-bond donors (Lipinski definition) is 1. The van der Waals surface area contributed by atoms with Crippen LogP contribution in [0.25, 0.3) is 0 Å². The van der Waals surface area contributed by atoms with Crippen LogP contribution in [-0.4, -0.2) is 28.9 Å². The molecule has 0 aromatic heterocycles. The zero-order chi connectivity index (χ0) is 14.8. The third kappa shape index (κ3) is 2.85. The van der Waals surface area contributed by atoms with E-state index in [1.807, 2.05) is 29.2 Å². The first-order chi connectivity index (χ1) is 9.48. The maximum absolute atomic E-state index is 12.6. The van der Waals surface area contributed by atoms with E-state index >= 15 is 0 Å². The summed E-state index contributed by atoms with van der Waals surface area (Å²) in [5.74, 6) is 0.132. The van der Waals surface area contributed by atoms with Crippen molar-refractivity contribution >= 4 is 23.1 Å². The monoisotopic (exact) mass is 290 g/mol. The number of nitrogens with zero attached hydrogens (tertiary/aromatic N) is 1. The van der Waals surface area contributed by atoms with Crippen molar-refractivity contribution < 1.29 is 4.79 Å². The average Bonchev–Trinajstić information content (AvgIpc) is 2.47. The van der Waals surface area contributed by atoms with E-state index in [4.69, 9.17) is 18.0 Å². The number of likely N-dealkylation sites (tertiary alicyclic amines) is 1. The zero-order valence-electron chi connectivity index (χ0n) is 12.2. The maximum atomic E-state index is 12.6. The summed E-state index contributed by atoms with van der Waals surface area (Å²) in [6, 6.07) is 7.85. The molecule has 0 bridgehead atoms. The van der Waals surface area contributed by atoms with Crippen molar-refractivity contribution in [3.63, 3.8) is 0 Å². The Kier molecular flexibility index (Phi) is 4.43. The van der Waals surface area contributed by atoms with Crippen molar-refractivity contribution in [2.45, 2.75) is 33.1 Å². The van der Waals surface area contributed by atoms with E-state index in [1.165, 1.54) is 0 Å². The summed E-state index contributed by atoms with van der Waals surface area (Å²) in [6.45, 7) is 5.62. The average molecular weight is 290 g/mol. The lowest BCUT2D eigenvalue weighted by Gasteiger charge is -2.38. The second kappa shape index (κ2) is 5.92. The fraction of sp³-hybridized carbons (Fsp3) is 0.500. The first-order valence-electron chi connectivity index (χ1n) is 7.15. The lowest BCUT2D eigenvalue weighted by Crippen LogP contribution is -2.46. The van der Waals surface area contributed by atoms with E-state index in [0.717, 1.165) is 43.5 Å². The number of hydrogen-bond acceptors (Lipinski definition) is 2. The predicted octanol–water partition coefficient (Wildman–Crippen LogP) is 2.78. The van der Waals surface area contributed by atoms with Crippen LogP contribution >= 0.6 is 12.2 Å². The lowest BCUT2D eigenvalue weighted by molar-refractivity contribution is 0.0669. The first kappa shape index (κ1) is 15.0. The number of carbonyl (C=O) groups is 1. The van der Waals surface area contributed by atoms with Gasteiger partial charge >= 0.3 is 0 Å². The molecule has 2 rings (SSSR count). The van der Waals surface area contributed by atoms with Crippen LogP contribution in [0.1, 0.15) is 42.6 Å². The van der Waals surface area contributed by atoms with Gasteiger partial charge in [-0.05, 0) is 30.9 Å². The minimum atomic E-state index is -0.101. The summed E-state index contributed by atoms with van der Waals surface area (Å²) in [5.41, 5.74) is 7.65. The molecule has 1 aliphatic rings. The molecule has 1 saturated heterocycles. The van der Waals surface area contributed by atoms with Crippen LogP contribution in [0.3, 0.4) is 0 Å². The van der Waals surface area contributed by atoms with Crippen LogP contribution in [0.4, 0.5) is 0 Å². The van der Waals surface area contributed by atoms with Gasteiger partial charge in [-0.1, -0.05) is 44.3 Å². The van der Waals surface area contributed by atoms with Crippen molar-refractivity contribution in [1.29, 1.82) is 0 Å². The van der Waals surface area contributed by atoms with E-state index in [0.29, 0.717) is 4.99 Å². The van der Waals surface area contributed by atoms with Gasteiger partial charge in [-0.25, -0.2) is 0 Å². The van der Waals surface area contributed by atoms with E-state index in [-0.39, 0.29) is 11.3 Å². The van der Waals surface area contributed by atoms with Crippen molar-refractivity contribution in [2.24, 2.45) is 11.1 Å². The van der Waals surface area contributed by atoms with E-state index in [2.05, 4.69) is 13.8 Å². The van der Waals surface area contributed by atoms with Crippen LogP contribution in [0, 0.1) is 5.41 Å². The molecule has 2 N–H and O–H groups in total. The third-order valence-electron chi connectivity index (χ3n) is 4.38. The summed E-state index contributed by atoms with van der Waals surface area (Å²) < 4.78 is 0. The summed E-state index contributed by atoms with van der Waals surface area (Å²) in [5, 5.41) is 0. The van der Waals surface area contributed by atoms with Crippen molar-refractivity contribution in [3.8, 4) is 0 Å². The van der Waals surface area contributed by atoms with Crippen molar-refractivity contribution in [2.75, 3.05) is 13.1 Å². The largest absolute Gasteiger partial charge is 0.393 e. The minimum Gasteiger partial charge on any atom is -0.393 e. The highest BCUT2D eigenvalue weighted by molar-refractivity contribution is 7.80. The molecule has 0 unspecified atom stereocenters. The Morgan fingerprint density at radius 1 is 1.35 bits per heavy atom. The molecule has 1 amide bonds.